The Labute approximate surface area is 188 Å². The second-order valence-electron chi connectivity index (χ2n) is 6.49. The summed E-state index contributed by atoms with van der Waals surface area (Å²) < 4.78 is 7.03. The van der Waals surface area contributed by atoms with Gasteiger partial charge in [-0.1, -0.05) is 40.2 Å². The number of benzene rings is 1. The summed E-state index contributed by atoms with van der Waals surface area (Å²) in [6.45, 7) is -0.454. The van der Waals surface area contributed by atoms with E-state index in [1.54, 1.807) is 18.2 Å². The summed E-state index contributed by atoms with van der Waals surface area (Å²) in [5.74, 6) is -0.130. The molecule has 0 bridgehead atoms. The first-order valence-corrected chi connectivity index (χ1v) is 11.2. The summed E-state index contributed by atoms with van der Waals surface area (Å²) in [6.07, 6.45) is -1.87. The number of thiazole rings is 1. The average molecular weight is 491 g/mol. The maximum Gasteiger partial charge on any atom is 0.222 e. The molecule has 9 nitrogen and oxygen atoms in total. The monoisotopic (exact) mass is 490 g/mol. The van der Waals surface area contributed by atoms with Gasteiger partial charge in [-0.15, -0.1) is 16.4 Å². The van der Waals surface area contributed by atoms with Crippen molar-refractivity contribution >= 4 is 46.3 Å². The van der Waals surface area contributed by atoms with Crippen LogP contribution in [0.4, 0.5) is 0 Å². The lowest BCUT2D eigenvalue weighted by molar-refractivity contribution is -0.178. The molecule has 3 heterocycles. The second kappa shape index (κ2) is 8.97. The molecule has 0 saturated carbocycles. The van der Waals surface area contributed by atoms with Crippen molar-refractivity contribution in [3.05, 3.63) is 39.8 Å². The lowest BCUT2D eigenvalue weighted by Crippen LogP contribution is -2.55. The summed E-state index contributed by atoms with van der Waals surface area (Å²) in [4.78, 5) is 4.63. The number of aliphatic hydroxyl groups is 3. The Balaban J connectivity index is 1.61. The van der Waals surface area contributed by atoms with Crippen LogP contribution in [0.25, 0.3) is 10.7 Å². The van der Waals surface area contributed by atoms with Gasteiger partial charge in [-0.25, -0.2) is 9.67 Å². The van der Waals surface area contributed by atoms with Crippen LogP contribution < -0.4 is 0 Å². The van der Waals surface area contributed by atoms with Gasteiger partial charge in [-0.3, -0.25) is 0 Å². The van der Waals surface area contributed by atoms with Gasteiger partial charge in [0.2, 0.25) is 5.88 Å². The second-order valence-corrected chi connectivity index (χ2v) is 9.33. The van der Waals surface area contributed by atoms with Gasteiger partial charge in [0.25, 0.3) is 0 Å². The van der Waals surface area contributed by atoms with E-state index in [2.05, 4.69) is 15.3 Å². The van der Waals surface area contributed by atoms with Crippen LogP contribution in [-0.2, 0) is 4.74 Å². The Bertz CT molecular complexity index is 1040. The van der Waals surface area contributed by atoms with E-state index < -0.39 is 36.4 Å². The van der Waals surface area contributed by atoms with Crippen molar-refractivity contribution in [3.63, 3.8) is 0 Å². The maximum absolute atomic E-state index is 10.9. The fourth-order valence-corrected chi connectivity index (χ4v) is 5.16. The number of ether oxygens (including phenoxy) is 1. The standard InChI is InChI=1S/C17H16Cl2N4O5S2/c18-8-2-1-7(3-9(8)19)30-17-15(27)13(14(26)11(5-24)28-17)23-4-10(21-22-23)16-20-12(25)6-29-16/h1-4,6,11,13-15,17,24-27H,5H2/t11-,13+,14+,15-,17-/m1/s1. The lowest BCUT2D eigenvalue weighted by Gasteiger charge is -2.41. The van der Waals surface area contributed by atoms with E-state index in [1.807, 2.05) is 0 Å². The summed E-state index contributed by atoms with van der Waals surface area (Å²) in [5, 5.41) is 51.4. The van der Waals surface area contributed by atoms with E-state index >= 15 is 0 Å². The minimum absolute atomic E-state index is 0.130. The largest absolute Gasteiger partial charge is 0.493 e. The van der Waals surface area contributed by atoms with E-state index in [1.165, 1.54) is 39.4 Å². The third-order valence-electron chi connectivity index (χ3n) is 4.52. The molecule has 0 spiro atoms. The molecule has 1 aliphatic heterocycles. The van der Waals surface area contributed by atoms with Gasteiger partial charge in [0.15, 0.2) is 0 Å². The third kappa shape index (κ3) is 4.30. The molecule has 2 aromatic heterocycles. The van der Waals surface area contributed by atoms with E-state index in [9.17, 15) is 20.4 Å². The Morgan fingerprint density at radius 3 is 2.67 bits per heavy atom. The molecule has 4 N–H and O–H groups in total. The van der Waals surface area contributed by atoms with Crippen LogP contribution in [0, 0.1) is 0 Å². The predicted octanol–water partition coefficient (Wildman–Crippen LogP) is 2.19. The third-order valence-corrected chi connectivity index (χ3v) is 7.26. The van der Waals surface area contributed by atoms with Crippen LogP contribution in [0.3, 0.4) is 0 Å². The zero-order valence-electron chi connectivity index (χ0n) is 15.0. The van der Waals surface area contributed by atoms with Crippen molar-refractivity contribution in [2.75, 3.05) is 6.61 Å². The number of halogens is 2. The van der Waals surface area contributed by atoms with Crippen LogP contribution in [0.2, 0.25) is 10.0 Å². The molecule has 160 valence electrons. The molecule has 13 heteroatoms. The Hall–Kier alpha value is -1.44. The first-order chi connectivity index (χ1) is 14.4. The fourth-order valence-electron chi connectivity index (χ4n) is 3.07. The minimum atomic E-state index is -1.24. The highest BCUT2D eigenvalue weighted by Gasteiger charge is 2.46. The first kappa shape index (κ1) is 21.8. The van der Waals surface area contributed by atoms with Gasteiger partial charge >= 0.3 is 0 Å². The highest BCUT2D eigenvalue weighted by molar-refractivity contribution is 7.99. The van der Waals surface area contributed by atoms with Gasteiger partial charge in [0.05, 0.1) is 28.2 Å². The molecule has 0 radical (unpaired) electrons. The van der Waals surface area contributed by atoms with Crippen molar-refractivity contribution in [1.82, 2.24) is 20.0 Å². The molecule has 5 atom stereocenters. The predicted molar refractivity (Wildman–Crippen MR) is 112 cm³/mol. The van der Waals surface area contributed by atoms with E-state index in [0.29, 0.717) is 25.6 Å². The number of hydrogen-bond donors (Lipinski definition) is 4. The topological polar surface area (TPSA) is 134 Å². The molecule has 1 fully saturated rings. The zero-order valence-corrected chi connectivity index (χ0v) is 18.2. The van der Waals surface area contributed by atoms with Crippen molar-refractivity contribution in [3.8, 4) is 16.6 Å². The van der Waals surface area contributed by atoms with Crippen molar-refractivity contribution in [2.24, 2.45) is 0 Å². The number of thioether (sulfide) groups is 1. The molecular weight excluding hydrogens is 475 g/mol. The molecule has 0 amide bonds. The Kier molecular flexibility index (Phi) is 6.51. The Morgan fingerprint density at radius 1 is 1.20 bits per heavy atom. The summed E-state index contributed by atoms with van der Waals surface area (Å²) in [6, 6.07) is 4.06. The van der Waals surface area contributed by atoms with Crippen molar-refractivity contribution < 1.29 is 25.2 Å². The normalized spacial score (nSPS) is 26.8. The smallest absolute Gasteiger partial charge is 0.222 e. The minimum Gasteiger partial charge on any atom is -0.493 e. The zero-order chi connectivity index (χ0) is 21.4. The van der Waals surface area contributed by atoms with Gasteiger partial charge < -0.3 is 25.2 Å². The summed E-state index contributed by atoms with van der Waals surface area (Å²) >= 11 is 14.4. The highest BCUT2D eigenvalue weighted by atomic mass is 35.5. The number of aromatic hydroxyl groups is 1. The van der Waals surface area contributed by atoms with Crippen LogP contribution in [0.1, 0.15) is 6.04 Å². The van der Waals surface area contributed by atoms with Gasteiger partial charge in [-0.05, 0) is 18.2 Å². The molecule has 3 aromatic rings. The van der Waals surface area contributed by atoms with Crippen LogP contribution in [-0.4, -0.2) is 70.8 Å². The fraction of sp³-hybridized carbons (Fsp3) is 0.353. The van der Waals surface area contributed by atoms with Crippen LogP contribution in [0.15, 0.2) is 34.7 Å². The van der Waals surface area contributed by atoms with Crippen molar-refractivity contribution in [1.29, 1.82) is 0 Å². The number of rotatable bonds is 5. The average Bonchev–Trinajstić information content (AvgIpc) is 3.36. The summed E-state index contributed by atoms with van der Waals surface area (Å²) in [7, 11) is 0. The van der Waals surface area contributed by atoms with Crippen LogP contribution >= 0.6 is 46.3 Å². The molecule has 30 heavy (non-hydrogen) atoms. The quantitative estimate of drug-likeness (QED) is 0.424. The number of aromatic nitrogens is 4. The number of nitrogens with zero attached hydrogens (tertiary/aromatic N) is 4. The number of hydrogen-bond acceptors (Lipinski definition) is 10. The van der Waals surface area contributed by atoms with E-state index in [4.69, 9.17) is 27.9 Å². The SMILES string of the molecule is OC[C@H]1O[C@H](Sc2ccc(Cl)c(Cl)c2)[C@H](O)[C@@H](n2cc(-c3nc(O)cs3)nn2)[C@H]1O. The molecule has 1 saturated heterocycles. The van der Waals surface area contributed by atoms with Gasteiger partial charge in [0, 0.05) is 4.90 Å². The Morgan fingerprint density at radius 2 is 2.00 bits per heavy atom. The lowest BCUT2D eigenvalue weighted by atomic mass is 9.97. The molecular formula is C17H16Cl2N4O5S2. The first-order valence-electron chi connectivity index (χ1n) is 8.68. The maximum atomic E-state index is 10.9. The van der Waals surface area contributed by atoms with Crippen molar-refractivity contribution in [2.45, 2.75) is 34.7 Å². The summed E-state index contributed by atoms with van der Waals surface area (Å²) in [5.41, 5.74) is -0.454. The van der Waals surface area contributed by atoms with Gasteiger partial charge in [0.1, 0.15) is 40.5 Å². The van der Waals surface area contributed by atoms with Gasteiger partial charge in [-0.2, -0.15) is 0 Å². The molecule has 1 aliphatic rings. The molecule has 4 rings (SSSR count). The highest BCUT2D eigenvalue weighted by Crippen LogP contribution is 2.39. The van der Waals surface area contributed by atoms with E-state index in [-0.39, 0.29) is 5.88 Å². The van der Waals surface area contributed by atoms with Crippen LogP contribution in [0.5, 0.6) is 5.88 Å². The molecule has 0 aliphatic carbocycles. The molecule has 0 unspecified atom stereocenters. The van der Waals surface area contributed by atoms with E-state index in [0.717, 1.165) is 0 Å². The number of aliphatic hydroxyl groups excluding tert-OH is 3. The molecule has 1 aromatic carbocycles.